The SMILES string of the molecule is CS(=O)(=O)O.C[C@@H]1NCc2cc(-c3ccc4c(=O)c(C(=O)O)cn(C5CC5)c4c3OC(F)F)ccc21.O. The average Bonchev–Trinajstić information content (AvgIpc) is 3.55. The van der Waals surface area contributed by atoms with Gasteiger partial charge in [-0.2, -0.15) is 17.2 Å². The van der Waals surface area contributed by atoms with Gasteiger partial charge in [0.1, 0.15) is 5.56 Å². The molecular formula is C24H26F2N2O8S. The molecule has 2 aliphatic rings. The van der Waals surface area contributed by atoms with Crippen LogP contribution in [0.1, 0.15) is 53.3 Å². The Hall–Kier alpha value is -3.39. The van der Waals surface area contributed by atoms with E-state index in [1.807, 2.05) is 18.2 Å². The molecule has 200 valence electrons. The summed E-state index contributed by atoms with van der Waals surface area (Å²) in [5, 5.41) is 12.8. The van der Waals surface area contributed by atoms with Crippen LogP contribution in [0, 0.1) is 0 Å². The van der Waals surface area contributed by atoms with Gasteiger partial charge in [0.2, 0.25) is 5.43 Å². The number of carboxylic acid groups (broad SMARTS) is 1. The Morgan fingerprint density at radius 2 is 1.86 bits per heavy atom. The van der Waals surface area contributed by atoms with Gasteiger partial charge in [-0.15, -0.1) is 0 Å². The molecule has 2 heterocycles. The maximum absolute atomic E-state index is 13.5. The van der Waals surface area contributed by atoms with Crippen LogP contribution in [0.4, 0.5) is 8.78 Å². The third-order valence-electron chi connectivity index (χ3n) is 6.04. The van der Waals surface area contributed by atoms with E-state index in [0.29, 0.717) is 23.9 Å². The molecule has 1 atom stereocenters. The standard InChI is InChI=1S/C23H20F2N2O4.CH4O3S.H2O/c1-11-15-5-2-12(8-13(15)9-26-11)16-6-7-17-19(21(16)31-23(24)25)27(14-3-4-14)10-18(20(17)28)22(29)30;1-5(2,3)4;/h2,5-8,10-11,14,23,26H,3-4,9H2,1H3,(H,29,30);1H3,(H,2,3,4);1H2/t11-;;/m0../s1. The summed E-state index contributed by atoms with van der Waals surface area (Å²) >= 11 is 0. The molecule has 0 radical (unpaired) electrons. The van der Waals surface area contributed by atoms with Crippen molar-refractivity contribution in [2.24, 2.45) is 0 Å². The lowest BCUT2D eigenvalue weighted by molar-refractivity contribution is -0.0486. The fourth-order valence-corrected chi connectivity index (χ4v) is 4.37. The van der Waals surface area contributed by atoms with Crippen LogP contribution in [0.25, 0.3) is 22.0 Å². The van der Waals surface area contributed by atoms with Crippen molar-refractivity contribution in [2.45, 2.75) is 45.0 Å². The Morgan fingerprint density at radius 1 is 1.22 bits per heavy atom. The molecule has 5 N–H and O–H groups in total. The molecule has 0 bridgehead atoms. The van der Waals surface area contributed by atoms with Crippen LogP contribution >= 0.6 is 0 Å². The quantitative estimate of drug-likeness (QED) is 0.415. The van der Waals surface area contributed by atoms with Crippen molar-refractivity contribution in [1.82, 2.24) is 9.88 Å². The Labute approximate surface area is 210 Å². The summed E-state index contributed by atoms with van der Waals surface area (Å²) in [6.07, 6.45) is 3.52. The molecule has 5 rings (SSSR count). The number of aromatic carboxylic acids is 1. The van der Waals surface area contributed by atoms with Gasteiger partial charge in [0, 0.05) is 30.4 Å². The number of rotatable bonds is 5. The normalized spacial score (nSPS) is 16.5. The number of hydrogen-bond donors (Lipinski definition) is 3. The van der Waals surface area contributed by atoms with E-state index in [1.165, 1.54) is 12.3 Å². The summed E-state index contributed by atoms with van der Waals surface area (Å²) < 4.78 is 59.4. The van der Waals surface area contributed by atoms with Crippen molar-refractivity contribution in [3.05, 3.63) is 63.4 Å². The molecule has 1 aromatic heterocycles. The first-order chi connectivity index (χ1) is 16.8. The van der Waals surface area contributed by atoms with Gasteiger partial charge in [0.05, 0.1) is 17.2 Å². The van der Waals surface area contributed by atoms with E-state index in [9.17, 15) is 31.9 Å². The van der Waals surface area contributed by atoms with Crippen LogP contribution in [0.5, 0.6) is 5.75 Å². The summed E-state index contributed by atoms with van der Waals surface area (Å²) in [6, 6.07) is 8.98. The lowest BCUT2D eigenvalue weighted by Gasteiger charge is -2.19. The first-order valence-electron chi connectivity index (χ1n) is 11.0. The zero-order valence-electron chi connectivity index (χ0n) is 19.9. The summed E-state index contributed by atoms with van der Waals surface area (Å²) in [5.74, 6) is -1.45. The molecule has 0 unspecified atom stereocenters. The minimum Gasteiger partial charge on any atom is -0.477 e. The monoisotopic (exact) mass is 540 g/mol. The fraction of sp³-hybridized carbons (Fsp3) is 0.333. The number of nitrogens with zero attached hydrogens (tertiary/aromatic N) is 1. The molecule has 2 aromatic carbocycles. The van der Waals surface area contributed by atoms with Crippen molar-refractivity contribution < 1.29 is 41.9 Å². The molecule has 1 saturated carbocycles. The van der Waals surface area contributed by atoms with Gasteiger partial charge in [0.25, 0.3) is 10.1 Å². The van der Waals surface area contributed by atoms with E-state index in [2.05, 4.69) is 12.2 Å². The number of alkyl halides is 2. The van der Waals surface area contributed by atoms with Crippen molar-refractivity contribution in [2.75, 3.05) is 6.26 Å². The highest BCUT2D eigenvalue weighted by Crippen LogP contribution is 2.43. The first-order valence-corrected chi connectivity index (χ1v) is 12.9. The van der Waals surface area contributed by atoms with Crippen LogP contribution in [0.2, 0.25) is 0 Å². The smallest absolute Gasteiger partial charge is 0.387 e. The van der Waals surface area contributed by atoms with Gasteiger partial charge < -0.3 is 25.2 Å². The molecule has 10 nitrogen and oxygen atoms in total. The predicted molar refractivity (Wildman–Crippen MR) is 132 cm³/mol. The van der Waals surface area contributed by atoms with E-state index in [-0.39, 0.29) is 39.8 Å². The zero-order chi connectivity index (χ0) is 26.4. The van der Waals surface area contributed by atoms with E-state index in [0.717, 1.165) is 24.0 Å². The number of carboxylic acids is 1. The number of fused-ring (bicyclic) bond motifs is 2. The van der Waals surface area contributed by atoms with Gasteiger partial charge in [-0.3, -0.25) is 9.35 Å². The Kier molecular flexibility index (Phi) is 8.03. The predicted octanol–water partition coefficient (Wildman–Crippen LogP) is 3.15. The highest BCUT2D eigenvalue weighted by molar-refractivity contribution is 7.85. The van der Waals surface area contributed by atoms with Crippen LogP contribution in [0.15, 0.2) is 41.3 Å². The molecule has 3 aromatic rings. The highest BCUT2D eigenvalue weighted by atomic mass is 32.2. The first kappa shape index (κ1) is 28.2. The van der Waals surface area contributed by atoms with Gasteiger partial charge in [-0.1, -0.05) is 12.1 Å². The largest absolute Gasteiger partial charge is 0.477 e. The number of benzene rings is 2. The van der Waals surface area contributed by atoms with Crippen LogP contribution in [0.3, 0.4) is 0 Å². The lowest BCUT2D eigenvalue weighted by atomic mass is 9.96. The van der Waals surface area contributed by atoms with Gasteiger partial charge in [-0.05, 0) is 54.7 Å². The Balaban J connectivity index is 0.000000581. The number of hydrogen-bond acceptors (Lipinski definition) is 6. The molecule has 13 heteroatoms. The fourth-order valence-electron chi connectivity index (χ4n) is 4.37. The van der Waals surface area contributed by atoms with E-state index >= 15 is 0 Å². The highest BCUT2D eigenvalue weighted by Gasteiger charge is 2.30. The third kappa shape index (κ3) is 6.13. The number of nitrogens with one attached hydrogen (secondary N) is 1. The van der Waals surface area contributed by atoms with Gasteiger partial charge >= 0.3 is 12.6 Å². The number of aromatic nitrogens is 1. The summed E-state index contributed by atoms with van der Waals surface area (Å²) in [6.45, 7) is -0.360. The molecule has 1 aliphatic heterocycles. The van der Waals surface area contributed by atoms with Crippen LogP contribution < -0.4 is 15.5 Å². The third-order valence-corrected chi connectivity index (χ3v) is 6.04. The minimum atomic E-state index is -3.67. The second kappa shape index (κ2) is 10.5. The van der Waals surface area contributed by atoms with Gasteiger partial charge in [-0.25, -0.2) is 4.79 Å². The summed E-state index contributed by atoms with van der Waals surface area (Å²) in [5.41, 5.74) is 2.49. The Morgan fingerprint density at radius 3 is 2.43 bits per heavy atom. The van der Waals surface area contributed by atoms with Crippen molar-refractivity contribution >= 4 is 27.0 Å². The van der Waals surface area contributed by atoms with E-state index in [4.69, 9.17) is 9.29 Å². The van der Waals surface area contributed by atoms with Crippen molar-refractivity contribution in [3.8, 4) is 16.9 Å². The maximum Gasteiger partial charge on any atom is 0.387 e. The molecule has 0 amide bonds. The molecule has 1 aliphatic carbocycles. The van der Waals surface area contributed by atoms with Gasteiger partial charge in [0.15, 0.2) is 5.75 Å². The van der Waals surface area contributed by atoms with Crippen molar-refractivity contribution in [1.29, 1.82) is 0 Å². The molecule has 1 fully saturated rings. The van der Waals surface area contributed by atoms with Crippen LogP contribution in [-0.4, -0.2) is 47.0 Å². The number of halogens is 2. The molecule has 37 heavy (non-hydrogen) atoms. The molecule has 0 spiro atoms. The van der Waals surface area contributed by atoms with E-state index < -0.39 is 28.1 Å². The second-order valence-electron chi connectivity index (χ2n) is 8.78. The maximum atomic E-state index is 13.5. The molecular weight excluding hydrogens is 514 g/mol. The minimum absolute atomic E-state index is 0. The number of carbonyl (C=O) groups is 1. The second-order valence-corrected chi connectivity index (χ2v) is 10.2. The Bertz CT molecular complexity index is 1510. The van der Waals surface area contributed by atoms with Crippen molar-refractivity contribution in [3.63, 3.8) is 0 Å². The van der Waals surface area contributed by atoms with E-state index in [1.54, 1.807) is 10.6 Å². The number of ether oxygens (including phenoxy) is 1. The number of pyridine rings is 1. The zero-order valence-corrected chi connectivity index (χ0v) is 20.7. The average molecular weight is 541 g/mol. The molecule has 0 saturated heterocycles. The lowest BCUT2D eigenvalue weighted by Crippen LogP contribution is -2.19. The summed E-state index contributed by atoms with van der Waals surface area (Å²) in [7, 11) is -3.67. The summed E-state index contributed by atoms with van der Waals surface area (Å²) in [4.78, 5) is 24.4. The topological polar surface area (TPSA) is 166 Å². The van der Waals surface area contributed by atoms with Crippen LogP contribution in [-0.2, 0) is 16.7 Å².